The zero-order valence-electron chi connectivity index (χ0n) is 13.9. The summed E-state index contributed by atoms with van der Waals surface area (Å²) in [4.78, 5) is 0. The van der Waals surface area contributed by atoms with Crippen molar-refractivity contribution in [1.82, 2.24) is 0 Å². The zero-order chi connectivity index (χ0) is 19.4. The van der Waals surface area contributed by atoms with Gasteiger partial charge in [0, 0.05) is 6.54 Å². The van der Waals surface area contributed by atoms with Crippen LogP contribution < -0.4 is 5.73 Å². The summed E-state index contributed by atoms with van der Waals surface area (Å²) in [5.74, 6) is 0. The number of aliphatic hydroxyl groups is 7. The van der Waals surface area contributed by atoms with Crippen LogP contribution in [0.15, 0.2) is 0 Å². The molecule has 0 bridgehead atoms. The molecule has 0 aliphatic carbocycles. The Kier molecular flexibility index (Phi) is 8.08. The SMILES string of the molecule is NCCOC1O[C@H](CO)[C@@H](OC2O[C@H](CO)[C@H](O)[C@H](O)[C@H]2O)[C@H](O)[C@H]1O. The molecule has 2 heterocycles. The van der Waals surface area contributed by atoms with Crippen LogP contribution in [0, 0.1) is 0 Å². The van der Waals surface area contributed by atoms with Crippen molar-refractivity contribution in [2.24, 2.45) is 5.73 Å². The van der Waals surface area contributed by atoms with Gasteiger partial charge in [0.1, 0.15) is 48.8 Å². The fourth-order valence-corrected chi connectivity index (χ4v) is 2.88. The van der Waals surface area contributed by atoms with E-state index in [9.17, 15) is 35.7 Å². The summed E-state index contributed by atoms with van der Waals surface area (Å²) < 4.78 is 21.1. The summed E-state index contributed by atoms with van der Waals surface area (Å²) in [5.41, 5.74) is 5.30. The Morgan fingerprint density at radius 1 is 0.731 bits per heavy atom. The normalized spacial score (nSPS) is 47.1. The van der Waals surface area contributed by atoms with Crippen molar-refractivity contribution in [1.29, 1.82) is 0 Å². The van der Waals surface area contributed by atoms with Crippen molar-refractivity contribution in [2.75, 3.05) is 26.4 Å². The van der Waals surface area contributed by atoms with Gasteiger partial charge in [-0.1, -0.05) is 0 Å². The van der Waals surface area contributed by atoms with Crippen LogP contribution in [0.1, 0.15) is 0 Å². The second-order valence-electron chi connectivity index (χ2n) is 6.16. The molecular formula is C14H27NO11. The second kappa shape index (κ2) is 9.64. The Balaban J connectivity index is 2.09. The molecule has 0 amide bonds. The maximum absolute atomic E-state index is 10.3. The van der Waals surface area contributed by atoms with Crippen LogP contribution in [0.3, 0.4) is 0 Å². The lowest BCUT2D eigenvalue weighted by Gasteiger charge is -2.45. The summed E-state index contributed by atoms with van der Waals surface area (Å²) in [5, 5.41) is 68.6. The maximum Gasteiger partial charge on any atom is 0.187 e. The molecule has 2 unspecified atom stereocenters. The molecule has 0 saturated carbocycles. The van der Waals surface area contributed by atoms with Crippen molar-refractivity contribution in [3.63, 3.8) is 0 Å². The highest BCUT2D eigenvalue weighted by molar-refractivity contribution is 4.94. The molecule has 0 aromatic heterocycles. The van der Waals surface area contributed by atoms with Crippen molar-refractivity contribution < 1.29 is 54.7 Å². The van der Waals surface area contributed by atoms with Gasteiger partial charge in [-0.05, 0) is 0 Å². The monoisotopic (exact) mass is 385 g/mol. The zero-order valence-corrected chi connectivity index (χ0v) is 13.9. The molecule has 0 radical (unpaired) electrons. The van der Waals surface area contributed by atoms with Gasteiger partial charge in [0.05, 0.1) is 19.8 Å². The third-order valence-corrected chi connectivity index (χ3v) is 4.36. The van der Waals surface area contributed by atoms with Crippen molar-refractivity contribution in [3.05, 3.63) is 0 Å². The second-order valence-corrected chi connectivity index (χ2v) is 6.16. The molecule has 0 aromatic rings. The molecule has 0 spiro atoms. The van der Waals surface area contributed by atoms with E-state index in [2.05, 4.69) is 0 Å². The molecule has 2 aliphatic rings. The first-order valence-corrected chi connectivity index (χ1v) is 8.25. The van der Waals surface area contributed by atoms with Crippen LogP contribution in [-0.2, 0) is 18.9 Å². The molecule has 10 atom stereocenters. The molecule has 2 rings (SSSR count). The van der Waals surface area contributed by atoms with Crippen LogP contribution in [0.2, 0.25) is 0 Å². The smallest absolute Gasteiger partial charge is 0.187 e. The Morgan fingerprint density at radius 2 is 1.31 bits per heavy atom. The largest absolute Gasteiger partial charge is 0.394 e. The molecule has 12 nitrogen and oxygen atoms in total. The number of aliphatic hydroxyl groups excluding tert-OH is 7. The third kappa shape index (κ3) is 4.49. The lowest BCUT2D eigenvalue weighted by molar-refractivity contribution is -0.359. The number of nitrogens with two attached hydrogens (primary N) is 1. The Bertz CT molecular complexity index is 426. The van der Waals surface area contributed by atoms with Gasteiger partial charge in [-0.15, -0.1) is 0 Å². The van der Waals surface area contributed by atoms with E-state index in [1.54, 1.807) is 0 Å². The van der Waals surface area contributed by atoms with Gasteiger partial charge in [0.15, 0.2) is 12.6 Å². The van der Waals surface area contributed by atoms with Crippen LogP contribution >= 0.6 is 0 Å². The van der Waals surface area contributed by atoms with E-state index in [1.807, 2.05) is 0 Å². The molecule has 2 fully saturated rings. The maximum atomic E-state index is 10.3. The fraction of sp³-hybridized carbons (Fsp3) is 1.00. The minimum Gasteiger partial charge on any atom is -0.394 e. The highest BCUT2D eigenvalue weighted by atomic mass is 16.7. The van der Waals surface area contributed by atoms with Gasteiger partial charge in [0.2, 0.25) is 0 Å². The van der Waals surface area contributed by atoms with Crippen molar-refractivity contribution in [3.8, 4) is 0 Å². The van der Waals surface area contributed by atoms with Gasteiger partial charge < -0.3 is 60.4 Å². The lowest BCUT2D eigenvalue weighted by Crippen LogP contribution is -2.64. The number of hydrogen-bond donors (Lipinski definition) is 8. The molecule has 26 heavy (non-hydrogen) atoms. The van der Waals surface area contributed by atoms with E-state index in [-0.39, 0.29) is 13.2 Å². The van der Waals surface area contributed by atoms with Gasteiger partial charge in [-0.3, -0.25) is 0 Å². The van der Waals surface area contributed by atoms with Crippen LogP contribution in [0.5, 0.6) is 0 Å². The number of rotatable bonds is 7. The van der Waals surface area contributed by atoms with E-state index in [0.29, 0.717) is 0 Å². The van der Waals surface area contributed by atoms with Crippen LogP contribution in [0.25, 0.3) is 0 Å². The van der Waals surface area contributed by atoms with Gasteiger partial charge >= 0.3 is 0 Å². The summed E-state index contributed by atoms with van der Waals surface area (Å²) in [7, 11) is 0. The summed E-state index contributed by atoms with van der Waals surface area (Å²) in [6, 6.07) is 0. The minimum absolute atomic E-state index is 0.0465. The summed E-state index contributed by atoms with van der Waals surface area (Å²) >= 11 is 0. The fourth-order valence-electron chi connectivity index (χ4n) is 2.88. The number of ether oxygens (including phenoxy) is 4. The van der Waals surface area contributed by atoms with Gasteiger partial charge in [0.25, 0.3) is 0 Å². The highest BCUT2D eigenvalue weighted by Crippen LogP contribution is 2.29. The Hall–Kier alpha value is -0.480. The minimum atomic E-state index is -1.71. The van der Waals surface area contributed by atoms with E-state index >= 15 is 0 Å². The van der Waals surface area contributed by atoms with E-state index in [4.69, 9.17) is 24.7 Å². The van der Waals surface area contributed by atoms with Crippen molar-refractivity contribution >= 4 is 0 Å². The first-order valence-electron chi connectivity index (χ1n) is 8.25. The molecule has 9 N–H and O–H groups in total. The summed E-state index contributed by atoms with van der Waals surface area (Å²) in [6.45, 7) is -1.08. The predicted molar refractivity (Wildman–Crippen MR) is 81.4 cm³/mol. The third-order valence-electron chi connectivity index (χ3n) is 4.36. The molecule has 2 aliphatic heterocycles. The topological polar surface area (TPSA) is 205 Å². The van der Waals surface area contributed by atoms with E-state index in [1.165, 1.54) is 0 Å². The van der Waals surface area contributed by atoms with E-state index < -0.39 is 74.6 Å². The molecule has 2 saturated heterocycles. The lowest BCUT2D eigenvalue weighted by atomic mass is 9.97. The average Bonchev–Trinajstić information content (AvgIpc) is 2.64. The highest BCUT2D eigenvalue weighted by Gasteiger charge is 2.50. The van der Waals surface area contributed by atoms with Crippen LogP contribution in [-0.4, -0.2) is 124 Å². The average molecular weight is 385 g/mol. The Morgan fingerprint density at radius 3 is 1.88 bits per heavy atom. The number of hydrogen-bond acceptors (Lipinski definition) is 12. The van der Waals surface area contributed by atoms with E-state index in [0.717, 1.165) is 0 Å². The Labute approximate surface area is 149 Å². The predicted octanol–water partition coefficient (Wildman–Crippen LogP) is -5.41. The summed E-state index contributed by atoms with van der Waals surface area (Å²) in [6.07, 6.45) is -14.6. The molecule has 0 aromatic carbocycles. The quantitative estimate of drug-likeness (QED) is 0.207. The van der Waals surface area contributed by atoms with Crippen molar-refractivity contribution in [2.45, 2.75) is 61.4 Å². The van der Waals surface area contributed by atoms with Gasteiger partial charge in [-0.25, -0.2) is 0 Å². The molecule has 154 valence electrons. The van der Waals surface area contributed by atoms with Crippen LogP contribution in [0.4, 0.5) is 0 Å². The molecule has 12 heteroatoms. The standard InChI is InChI=1S/C14H27NO11/c15-1-2-23-13-11(22)9(20)12(6(4-17)25-13)26-14-10(21)8(19)7(18)5(3-16)24-14/h5-14,16-22H,1-4,15H2/t5-,6-,7+,8+,9-,10-,11-,12-,13?,14?/m1/s1. The van der Waals surface area contributed by atoms with Gasteiger partial charge in [-0.2, -0.15) is 0 Å². The molecular weight excluding hydrogens is 358 g/mol. The first kappa shape index (κ1) is 21.8. The first-order chi connectivity index (χ1) is 12.3.